The van der Waals surface area contributed by atoms with Gasteiger partial charge in [0.1, 0.15) is 17.5 Å². The summed E-state index contributed by atoms with van der Waals surface area (Å²) >= 11 is 0. The van der Waals surface area contributed by atoms with E-state index in [0.29, 0.717) is 12.4 Å². The van der Waals surface area contributed by atoms with Gasteiger partial charge in [-0.2, -0.15) is 0 Å². The fourth-order valence-corrected chi connectivity index (χ4v) is 1.84. The van der Waals surface area contributed by atoms with Crippen LogP contribution in [0.3, 0.4) is 0 Å². The van der Waals surface area contributed by atoms with E-state index in [9.17, 15) is 13.2 Å². The number of aromatic nitrogens is 1. The summed E-state index contributed by atoms with van der Waals surface area (Å²) in [4.78, 5) is 15.2. The van der Waals surface area contributed by atoms with Crippen LogP contribution in [0.25, 0.3) is 0 Å². The van der Waals surface area contributed by atoms with E-state index in [1.54, 1.807) is 0 Å². The zero-order valence-corrected chi connectivity index (χ0v) is 12.3. The summed E-state index contributed by atoms with van der Waals surface area (Å²) in [5, 5.41) is 14.7. The van der Waals surface area contributed by atoms with Gasteiger partial charge in [0.05, 0.1) is 5.56 Å². The molecule has 0 fully saturated rings. The van der Waals surface area contributed by atoms with E-state index < -0.39 is 15.8 Å². The topological polar surface area (TPSA) is 108 Å². The third-order valence-corrected chi connectivity index (χ3v) is 3.09. The summed E-state index contributed by atoms with van der Waals surface area (Å²) in [6.07, 6.45) is 3.03. The van der Waals surface area contributed by atoms with E-state index in [1.165, 1.54) is 12.1 Å². The van der Waals surface area contributed by atoms with E-state index in [2.05, 4.69) is 15.6 Å². The van der Waals surface area contributed by atoms with Gasteiger partial charge in [0.2, 0.25) is 0 Å². The van der Waals surface area contributed by atoms with E-state index >= 15 is 0 Å². The average molecular weight is 301 g/mol. The first-order chi connectivity index (χ1) is 9.31. The molecule has 1 aromatic heterocycles. The third kappa shape index (κ3) is 5.87. The van der Waals surface area contributed by atoms with Crippen LogP contribution in [0.15, 0.2) is 12.1 Å². The normalized spacial score (nSPS) is 11.1. The van der Waals surface area contributed by atoms with Crippen LogP contribution in [0.2, 0.25) is 0 Å². The fraction of sp³-hybridized carbons (Fsp3) is 0.500. The zero-order valence-electron chi connectivity index (χ0n) is 11.5. The van der Waals surface area contributed by atoms with Crippen molar-refractivity contribution < 1.29 is 18.3 Å². The molecule has 1 rings (SSSR count). The lowest BCUT2D eigenvalue weighted by molar-refractivity contribution is 0.0697. The summed E-state index contributed by atoms with van der Waals surface area (Å²) < 4.78 is 22.2. The Balaban J connectivity index is 2.89. The Kier molecular flexibility index (Phi) is 5.75. The Morgan fingerprint density at radius 3 is 2.40 bits per heavy atom. The van der Waals surface area contributed by atoms with Crippen molar-refractivity contribution in [3.05, 3.63) is 17.7 Å². The molecule has 0 aliphatic carbocycles. The maximum Gasteiger partial charge on any atom is 0.335 e. The molecule has 0 aliphatic rings. The van der Waals surface area contributed by atoms with Crippen molar-refractivity contribution in [3.8, 4) is 0 Å². The molecular formula is C12H19N3O4S. The molecule has 1 heterocycles. The fourth-order valence-electron chi connectivity index (χ4n) is 1.43. The standard InChI is InChI=1S/C12H19N3O4S/c1-3-4-5-13-10-6-9(12(16)17)7-11(15-10)14-8-20(2,18)19/h6-7H,3-5,8H2,1-2H3,(H,16,17)(H2,13,14,15). The number of hydrogen-bond acceptors (Lipinski definition) is 6. The Morgan fingerprint density at radius 2 is 1.90 bits per heavy atom. The van der Waals surface area contributed by atoms with Crippen LogP contribution in [0.1, 0.15) is 30.1 Å². The molecule has 0 atom stereocenters. The Hall–Kier alpha value is -1.83. The number of anilines is 2. The van der Waals surface area contributed by atoms with Crippen molar-refractivity contribution >= 4 is 27.4 Å². The van der Waals surface area contributed by atoms with E-state index in [1.807, 2.05) is 6.92 Å². The van der Waals surface area contributed by atoms with Crippen molar-refractivity contribution in [2.75, 3.05) is 29.3 Å². The molecular weight excluding hydrogens is 282 g/mol. The number of pyridine rings is 1. The lowest BCUT2D eigenvalue weighted by atomic mass is 10.2. The van der Waals surface area contributed by atoms with E-state index in [4.69, 9.17) is 5.11 Å². The third-order valence-electron chi connectivity index (χ3n) is 2.42. The van der Waals surface area contributed by atoms with Gasteiger partial charge in [0.15, 0.2) is 9.84 Å². The largest absolute Gasteiger partial charge is 0.478 e. The van der Waals surface area contributed by atoms with Gasteiger partial charge in [-0.3, -0.25) is 0 Å². The predicted octanol–water partition coefficient (Wildman–Crippen LogP) is 1.41. The minimum Gasteiger partial charge on any atom is -0.478 e. The molecule has 0 aromatic carbocycles. The summed E-state index contributed by atoms with van der Waals surface area (Å²) in [5.74, 6) is -0.755. The molecule has 0 saturated heterocycles. The molecule has 0 bridgehead atoms. The maximum absolute atomic E-state index is 11.1. The minimum absolute atomic E-state index is 0.0509. The maximum atomic E-state index is 11.1. The Morgan fingerprint density at radius 1 is 1.30 bits per heavy atom. The Bertz CT molecular complexity index is 572. The van der Waals surface area contributed by atoms with Crippen molar-refractivity contribution in [1.82, 2.24) is 4.98 Å². The first-order valence-corrected chi connectivity index (χ1v) is 8.28. The lowest BCUT2D eigenvalue weighted by Gasteiger charge is -2.10. The molecule has 112 valence electrons. The van der Waals surface area contributed by atoms with Gasteiger partial charge in [-0.25, -0.2) is 18.2 Å². The SMILES string of the molecule is CCCCNc1cc(C(=O)O)cc(NCS(C)(=O)=O)n1. The van der Waals surface area contributed by atoms with Gasteiger partial charge in [-0.15, -0.1) is 0 Å². The highest BCUT2D eigenvalue weighted by Crippen LogP contribution is 2.15. The predicted molar refractivity (Wildman–Crippen MR) is 77.9 cm³/mol. The quantitative estimate of drug-likeness (QED) is 0.623. The van der Waals surface area contributed by atoms with Crippen LogP contribution in [0.5, 0.6) is 0 Å². The summed E-state index contributed by atoms with van der Waals surface area (Å²) in [5.41, 5.74) is 0.0509. The monoisotopic (exact) mass is 301 g/mol. The van der Waals surface area contributed by atoms with Gasteiger partial charge < -0.3 is 15.7 Å². The molecule has 0 amide bonds. The van der Waals surface area contributed by atoms with Crippen molar-refractivity contribution in [3.63, 3.8) is 0 Å². The van der Waals surface area contributed by atoms with Gasteiger partial charge >= 0.3 is 5.97 Å². The average Bonchev–Trinajstić information content (AvgIpc) is 2.36. The van der Waals surface area contributed by atoms with Crippen LogP contribution in [0, 0.1) is 0 Å². The molecule has 0 unspecified atom stereocenters. The second kappa shape index (κ2) is 7.09. The highest BCUT2D eigenvalue weighted by molar-refractivity contribution is 7.90. The number of sulfone groups is 1. The number of aromatic carboxylic acids is 1. The number of carbonyl (C=O) groups is 1. The smallest absolute Gasteiger partial charge is 0.335 e. The zero-order chi connectivity index (χ0) is 15.2. The first-order valence-electron chi connectivity index (χ1n) is 6.22. The summed E-state index contributed by atoms with van der Waals surface area (Å²) in [6, 6.07) is 2.72. The second-order valence-electron chi connectivity index (χ2n) is 4.46. The number of rotatable bonds is 8. The molecule has 1 aromatic rings. The molecule has 0 aliphatic heterocycles. The van der Waals surface area contributed by atoms with Crippen LogP contribution in [-0.2, 0) is 9.84 Å². The lowest BCUT2D eigenvalue weighted by Crippen LogP contribution is -2.15. The van der Waals surface area contributed by atoms with Crippen LogP contribution < -0.4 is 10.6 Å². The molecule has 0 spiro atoms. The Labute approximate surface area is 118 Å². The second-order valence-corrected chi connectivity index (χ2v) is 6.60. The summed E-state index contributed by atoms with van der Waals surface area (Å²) in [6.45, 7) is 2.72. The van der Waals surface area contributed by atoms with Crippen LogP contribution in [-0.4, -0.2) is 43.2 Å². The van der Waals surface area contributed by atoms with Gasteiger partial charge in [-0.1, -0.05) is 13.3 Å². The van der Waals surface area contributed by atoms with Crippen LogP contribution in [0.4, 0.5) is 11.6 Å². The van der Waals surface area contributed by atoms with Crippen molar-refractivity contribution in [2.24, 2.45) is 0 Å². The molecule has 0 saturated carbocycles. The minimum atomic E-state index is -3.21. The molecule has 7 nitrogen and oxygen atoms in total. The van der Waals surface area contributed by atoms with Gasteiger partial charge in [-0.05, 0) is 18.6 Å². The number of nitrogens with one attached hydrogen (secondary N) is 2. The van der Waals surface area contributed by atoms with Gasteiger partial charge in [0.25, 0.3) is 0 Å². The number of carboxylic acid groups (broad SMARTS) is 1. The van der Waals surface area contributed by atoms with E-state index in [0.717, 1.165) is 19.1 Å². The highest BCUT2D eigenvalue weighted by atomic mass is 32.2. The molecule has 20 heavy (non-hydrogen) atoms. The number of hydrogen-bond donors (Lipinski definition) is 3. The number of nitrogens with zero attached hydrogens (tertiary/aromatic N) is 1. The van der Waals surface area contributed by atoms with E-state index in [-0.39, 0.29) is 17.3 Å². The van der Waals surface area contributed by atoms with Gasteiger partial charge in [0, 0.05) is 12.8 Å². The summed E-state index contributed by atoms with van der Waals surface area (Å²) in [7, 11) is -3.21. The van der Waals surface area contributed by atoms with Crippen LogP contribution >= 0.6 is 0 Å². The molecule has 8 heteroatoms. The number of carboxylic acids is 1. The molecule has 3 N–H and O–H groups in total. The highest BCUT2D eigenvalue weighted by Gasteiger charge is 2.10. The van der Waals surface area contributed by atoms with Crippen molar-refractivity contribution in [2.45, 2.75) is 19.8 Å². The number of unbranched alkanes of at least 4 members (excludes halogenated alkanes) is 1. The first kappa shape index (κ1) is 16.2. The van der Waals surface area contributed by atoms with Crippen molar-refractivity contribution in [1.29, 1.82) is 0 Å². The molecule has 0 radical (unpaired) electrons.